The summed E-state index contributed by atoms with van der Waals surface area (Å²) in [5.74, 6) is 0.733. The van der Waals surface area contributed by atoms with Crippen molar-refractivity contribution >= 4 is 33.5 Å². The fourth-order valence-electron chi connectivity index (χ4n) is 3.03. The summed E-state index contributed by atoms with van der Waals surface area (Å²) in [5, 5.41) is 10.1. The second kappa shape index (κ2) is 8.92. The van der Waals surface area contributed by atoms with Crippen molar-refractivity contribution in [2.45, 2.75) is 13.5 Å². The highest BCUT2D eigenvalue weighted by atomic mass is 32.1. The van der Waals surface area contributed by atoms with Gasteiger partial charge in [-0.05, 0) is 24.3 Å². The highest BCUT2D eigenvalue weighted by molar-refractivity contribution is 7.18. The van der Waals surface area contributed by atoms with Crippen molar-refractivity contribution in [3.63, 3.8) is 0 Å². The number of rotatable bonds is 7. The molecule has 9 nitrogen and oxygen atoms in total. The molecule has 0 saturated heterocycles. The molecule has 0 aliphatic heterocycles. The highest BCUT2D eigenvalue weighted by Crippen LogP contribution is 2.37. The molecular formula is C21H19N5O4S. The molecule has 158 valence electrons. The van der Waals surface area contributed by atoms with Gasteiger partial charge in [0.05, 0.1) is 36.2 Å². The summed E-state index contributed by atoms with van der Waals surface area (Å²) in [6, 6.07) is 13.2. The van der Waals surface area contributed by atoms with Gasteiger partial charge in [-0.3, -0.25) is 4.79 Å². The average Bonchev–Trinajstić information content (AvgIpc) is 3.20. The Labute approximate surface area is 182 Å². The molecule has 31 heavy (non-hydrogen) atoms. The van der Waals surface area contributed by atoms with Crippen molar-refractivity contribution in [3.05, 3.63) is 53.7 Å². The van der Waals surface area contributed by atoms with E-state index in [-0.39, 0.29) is 12.5 Å². The predicted octanol–water partition coefficient (Wildman–Crippen LogP) is 3.65. The van der Waals surface area contributed by atoms with Crippen LogP contribution in [0.15, 0.2) is 48.7 Å². The quantitative estimate of drug-likeness (QED) is 0.401. The number of hydrogen-bond acceptors (Lipinski definition) is 10. The standard InChI is InChI=1S/C21H19N5O4S/c1-13(27)30-26(12-19-23-14-7-4-5-10-18(14)31-19)21-24-15(11-22-25-21)20-16(28-2)8-6-9-17(20)29-3/h4-11H,12H2,1-3H3. The Bertz CT molecular complexity index is 1170. The van der Waals surface area contributed by atoms with Crippen LogP contribution in [0.5, 0.6) is 11.5 Å². The van der Waals surface area contributed by atoms with Crippen molar-refractivity contribution < 1.29 is 19.1 Å². The van der Waals surface area contributed by atoms with Crippen molar-refractivity contribution in [2.75, 3.05) is 19.3 Å². The van der Waals surface area contributed by atoms with E-state index in [2.05, 4.69) is 20.2 Å². The van der Waals surface area contributed by atoms with Gasteiger partial charge in [-0.2, -0.15) is 10.2 Å². The lowest BCUT2D eigenvalue weighted by atomic mass is 10.1. The number of nitrogens with zero attached hydrogens (tertiary/aromatic N) is 5. The Kier molecular flexibility index (Phi) is 5.89. The van der Waals surface area contributed by atoms with Gasteiger partial charge in [-0.15, -0.1) is 16.4 Å². The van der Waals surface area contributed by atoms with Crippen molar-refractivity contribution in [2.24, 2.45) is 0 Å². The number of hydrogen-bond donors (Lipinski definition) is 0. The van der Waals surface area contributed by atoms with Crippen LogP contribution in [0.1, 0.15) is 11.9 Å². The van der Waals surface area contributed by atoms with Gasteiger partial charge in [0.2, 0.25) is 0 Å². The summed E-state index contributed by atoms with van der Waals surface area (Å²) in [6.07, 6.45) is 1.49. The number of aromatic nitrogens is 4. The molecule has 0 bridgehead atoms. The van der Waals surface area contributed by atoms with Gasteiger partial charge in [-0.25, -0.2) is 9.97 Å². The minimum absolute atomic E-state index is 0.111. The number of carbonyl (C=O) groups is 1. The van der Waals surface area contributed by atoms with Crippen LogP contribution in [-0.4, -0.2) is 40.4 Å². The summed E-state index contributed by atoms with van der Waals surface area (Å²) in [4.78, 5) is 26.3. The monoisotopic (exact) mass is 437 g/mol. The first kappa shape index (κ1) is 20.5. The van der Waals surface area contributed by atoms with Gasteiger partial charge in [0.15, 0.2) is 0 Å². The molecule has 2 heterocycles. The average molecular weight is 437 g/mol. The SMILES string of the molecule is COc1cccc(OC)c1-c1cnnc(N(Cc2nc3ccccc3s2)OC(C)=O)n1. The number of fused-ring (bicyclic) bond motifs is 1. The normalized spacial score (nSPS) is 10.7. The minimum atomic E-state index is -0.509. The number of anilines is 1. The molecule has 10 heteroatoms. The number of methoxy groups -OCH3 is 2. The van der Waals surface area contributed by atoms with E-state index >= 15 is 0 Å². The maximum atomic E-state index is 11.7. The zero-order valence-corrected chi connectivity index (χ0v) is 17.9. The molecule has 0 fully saturated rings. The first-order valence-electron chi connectivity index (χ1n) is 9.30. The molecule has 0 atom stereocenters. The molecule has 2 aromatic carbocycles. The summed E-state index contributed by atoms with van der Waals surface area (Å²) in [7, 11) is 3.12. The molecule has 0 unspecified atom stereocenters. The lowest BCUT2D eigenvalue weighted by molar-refractivity contribution is -0.142. The number of benzene rings is 2. The third-order valence-electron chi connectivity index (χ3n) is 4.31. The lowest BCUT2D eigenvalue weighted by Crippen LogP contribution is -2.27. The van der Waals surface area contributed by atoms with E-state index < -0.39 is 5.97 Å². The van der Waals surface area contributed by atoms with Crippen molar-refractivity contribution in [1.82, 2.24) is 20.2 Å². The molecule has 0 spiro atoms. The van der Waals surface area contributed by atoms with E-state index in [4.69, 9.17) is 14.3 Å². The minimum Gasteiger partial charge on any atom is -0.496 e. The number of thiazole rings is 1. The molecular weight excluding hydrogens is 418 g/mol. The fraction of sp³-hybridized carbons (Fsp3) is 0.190. The van der Waals surface area contributed by atoms with E-state index in [1.807, 2.05) is 30.3 Å². The van der Waals surface area contributed by atoms with E-state index in [0.717, 1.165) is 15.2 Å². The number of carbonyl (C=O) groups excluding carboxylic acids is 1. The number of hydroxylamine groups is 1. The molecule has 2 aromatic heterocycles. The largest absolute Gasteiger partial charge is 0.496 e. The van der Waals surface area contributed by atoms with Crippen LogP contribution in [0.25, 0.3) is 21.5 Å². The number of para-hydroxylation sites is 1. The molecule has 4 rings (SSSR count). The van der Waals surface area contributed by atoms with E-state index in [1.54, 1.807) is 26.4 Å². The van der Waals surface area contributed by atoms with Crippen LogP contribution in [-0.2, 0) is 16.2 Å². The maximum absolute atomic E-state index is 11.7. The summed E-state index contributed by atoms with van der Waals surface area (Å²) in [6.45, 7) is 1.49. The molecule has 0 aliphatic rings. The summed E-state index contributed by atoms with van der Waals surface area (Å²) < 4.78 is 12.0. The van der Waals surface area contributed by atoms with E-state index in [0.29, 0.717) is 22.8 Å². The fourth-order valence-corrected chi connectivity index (χ4v) is 3.98. The van der Waals surface area contributed by atoms with Gasteiger partial charge < -0.3 is 14.3 Å². The second-order valence-corrected chi connectivity index (χ2v) is 7.49. The van der Waals surface area contributed by atoms with Crippen LogP contribution in [0.4, 0.5) is 5.95 Å². The summed E-state index contributed by atoms with van der Waals surface area (Å²) in [5.41, 5.74) is 1.95. The Morgan fingerprint density at radius 2 is 1.77 bits per heavy atom. The predicted molar refractivity (Wildman–Crippen MR) is 116 cm³/mol. The van der Waals surface area contributed by atoms with Crippen LogP contribution < -0.4 is 14.5 Å². The molecule has 0 N–H and O–H groups in total. The van der Waals surface area contributed by atoms with Crippen LogP contribution in [0.2, 0.25) is 0 Å². The van der Waals surface area contributed by atoms with Gasteiger partial charge in [0.25, 0.3) is 5.95 Å². The Balaban J connectivity index is 1.73. The molecule has 0 aliphatic carbocycles. The lowest BCUT2D eigenvalue weighted by Gasteiger charge is -2.19. The second-order valence-electron chi connectivity index (χ2n) is 6.37. The first-order chi connectivity index (χ1) is 15.1. The van der Waals surface area contributed by atoms with Crippen molar-refractivity contribution in [1.29, 1.82) is 0 Å². The molecule has 0 amide bonds. The zero-order chi connectivity index (χ0) is 21.8. The van der Waals surface area contributed by atoms with E-state index in [1.165, 1.54) is 29.5 Å². The van der Waals surface area contributed by atoms with Crippen LogP contribution in [0.3, 0.4) is 0 Å². The Hall–Kier alpha value is -3.79. The van der Waals surface area contributed by atoms with Crippen LogP contribution in [0, 0.1) is 0 Å². The van der Waals surface area contributed by atoms with Gasteiger partial charge in [0.1, 0.15) is 28.7 Å². The molecule has 4 aromatic rings. The first-order valence-corrected chi connectivity index (χ1v) is 10.1. The highest BCUT2D eigenvalue weighted by Gasteiger charge is 2.21. The Morgan fingerprint density at radius 3 is 2.45 bits per heavy atom. The van der Waals surface area contributed by atoms with Gasteiger partial charge in [-0.1, -0.05) is 18.2 Å². The third-order valence-corrected chi connectivity index (χ3v) is 5.33. The zero-order valence-electron chi connectivity index (χ0n) is 17.1. The van der Waals surface area contributed by atoms with Gasteiger partial charge in [0, 0.05) is 6.92 Å². The van der Waals surface area contributed by atoms with Crippen LogP contribution >= 0.6 is 11.3 Å². The van der Waals surface area contributed by atoms with Gasteiger partial charge >= 0.3 is 5.97 Å². The summed E-state index contributed by atoms with van der Waals surface area (Å²) >= 11 is 1.50. The topological polar surface area (TPSA) is 99.6 Å². The third kappa shape index (κ3) is 4.38. The van der Waals surface area contributed by atoms with Crippen molar-refractivity contribution in [3.8, 4) is 22.8 Å². The maximum Gasteiger partial charge on any atom is 0.329 e. The smallest absolute Gasteiger partial charge is 0.329 e. The number of ether oxygens (including phenoxy) is 2. The molecule has 0 radical (unpaired) electrons. The Morgan fingerprint density at radius 1 is 1.03 bits per heavy atom. The molecule has 0 saturated carbocycles. The van der Waals surface area contributed by atoms with E-state index in [9.17, 15) is 4.79 Å².